The fraction of sp³-hybridized carbons (Fsp3) is 0.375. The first-order valence-electron chi connectivity index (χ1n) is 7.81. The average molecular weight is 326 g/mol. The highest BCUT2D eigenvalue weighted by Crippen LogP contribution is 2.28. The Morgan fingerprint density at radius 3 is 2.78 bits per heavy atom. The molecule has 23 heavy (non-hydrogen) atoms. The number of aromatic amines is 1. The van der Waals surface area contributed by atoms with Gasteiger partial charge in [-0.1, -0.05) is 0 Å². The molecule has 0 atom stereocenters. The lowest BCUT2D eigenvalue weighted by Gasteiger charge is -2.30. The predicted octanol–water partition coefficient (Wildman–Crippen LogP) is 2.70. The lowest BCUT2D eigenvalue weighted by Crippen LogP contribution is -2.32. The molecule has 4 rings (SSSR count). The summed E-state index contributed by atoms with van der Waals surface area (Å²) in [4.78, 5) is 15.7. The molecule has 3 aromatic heterocycles. The molecular weight excluding hydrogens is 308 g/mol. The van der Waals surface area contributed by atoms with Crippen molar-refractivity contribution in [1.82, 2.24) is 30.0 Å². The van der Waals surface area contributed by atoms with Crippen LogP contribution in [0.5, 0.6) is 0 Å². The summed E-state index contributed by atoms with van der Waals surface area (Å²) < 4.78 is 0. The molecule has 1 fully saturated rings. The topological polar surface area (TPSA) is 70.6 Å². The average Bonchev–Trinajstić information content (AvgIpc) is 3.28. The summed E-state index contributed by atoms with van der Waals surface area (Å²) in [6.45, 7) is 3.11. The molecule has 1 saturated heterocycles. The number of nitrogens with one attached hydrogen (secondary N) is 1. The molecule has 0 saturated carbocycles. The Morgan fingerprint density at radius 2 is 2.04 bits per heavy atom. The summed E-state index contributed by atoms with van der Waals surface area (Å²) in [5, 5.41) is 9.98. The van der Waals surface area contributed by atoms with Crippen molar-refractivity contribution in [3.8, 4) is 10.8 Å². The summed E-state index contributed by atoms with van der Waals surface area (Å²) in [7, 11) is 0. The van der Waals surface area contributed by atoms with Crippen molar-refractivity contribution in [1.29, 1.82) is 0 Å². The fourth-order valence-electron chi connectivity index (χ4n) is 3.03. The second kappa shape index (κ2) is 6.55. The Labute approximate surface area is 138 Å². The van der Waals surface area contributed by atoms with Gasteiger partial charge in [0.2, 0.25) is 0 Å². The van der Waals surface area contributed by atoms with Gasteiger partial charge < -0.3 is 0 Å². The molecule has 1 aliphatic heterocycles. The van der Waals surface area contributed by atoms with E-state index in [0.717, 1.165) is 30.3 Å². The quantitative estimate of drug-likeness (QED) is 0.798. The van der Waals surface area contributed by atoms with Gasteiger partial charge in [-0.15, -0.1) is 11.3 Å². The molecule has 118 valence electrons. The van der Waals surface area contributed by atoms with Crippen LogP contribution in [0.25, 0.3) is 10.8 Å². The minimum atomic E-state index is 0.633. The van der Waals surface area contributed by atoms with Crippen molar-refractivity contribution in [2.45, 2.75) is 25.3 Å². The Morgan fingerprint density at radius 1 is 1.22 bits per heavy atom. The summed E-state index contributed by atoms with van der Waals surface area (Å²) >= 11 is 1.61. The lowest BCUT2D eigenvalue weighted by molar-refractivity contribution is 0.203. The van der Waals surface area contributed by atoms with E-state index in [1.165, 1.54) is 18.4 Å². The van der Waals surface area contributed by atoms with Gasteiger partial charge in [-0.25, -0.2) is 15.0 Å². The smallest absolute Gasteiger partial charge is 0.188 e. The van der Waals surface area contributed by atoms with Crippen LogP contribution in [0.2, 0.25) is 0 Å². The van der Waals surface area contributed by atoms with Gasteiger partial charge >= 0.3 is 0 Å². The van der Waals surface area contributed by atoms with Crippen molar-refractivity contribution >= 4 is 11.3 Å². The summed E-state index contributed by atoms with van der Waals surface area (Å²) in [6.07, 6.45) is 9.84. The second-order valence-corrected chi connectivity index (χ2v) is 6.66. The van der Waals surface area contributed by atoms with E-state index in [-0.39, 0.29) is 0 Å². The van der Waals surface area contributed by atoms with Crippen LogP contribution in [0.3, 0.4) is 0 Å². The Kier molecular flexibility index (Phi) is 4.12. The van der Waals surface area contributed by atoms with Gasteiger partial charge in [0, 0.05) is 30.5 Å². The number of piperidine rings is 1. The summed E-state index contributed by atoms with van der Waals surface area (Å²) in [6, 6.07) is 1.82. The molecule has 0 unspecified atom stereocenters. The first kappa shape index (κ1) is 14.5. The minimum Gasteiger partial charge on any atom is -0.297 e. The zero-order valence-electron chi connectivity index (χ0n) is 12.7. The minimum absolute atomic E-state index is 0.633. The third kappa shape index (κ3) is 3.30. The molecule has 4 heterocycles. The molecule has 0 amide bonds. The molecule has 7 heteroatoms. The van der Waals surface area contributed by atoms with Crippen LogP contribution in [0.4, 0.5) is 0 Å². The second-order valence-electron chi connectivity index (χ2n) is 5.80. The highest BCUT2D eigenvalue weighted by atomic mass is 32.1. The van der Waals surface area contributed by atoms with Crippen molar-refractivity contribution < 1.29 is 0 Å². The molecular formula is C16H18N6S. The third-order valence-electron chi connectivity index (χ3n) is 4.27. The molecule has 1 aliphatic rings. The Hall–Kier alpha value is -2.12. The maximum atomic E-state index is 4.68. The van der Waals surface area contributed by atoms with Crippen molar-refractivity contribution in [3.05, 3.63) is 47.5 Å². The van der Waals surface area contributed by atoms with Gasteiger partial charge in [-0.3, -0.25) is 10.00 Å². The van der Waals surface area contributed by atoms with Gasteiger partial charge in [0.1, 0.15) is 0 Å². The maximum Gasteiger partial charge on any atom is 0.188 e. The van der Waals surface area contributed by atoms with E-state index < -0.39 is 0 Å². The first-order valence-corrected chi connectivity index (χ1v) is 8.69. The van der Waals surface area contributed by atoms with E-state index in [1.807, 2.05) is 18.5 Å². The van der Waals surface area contributed by atoms with Gasteiger partial charge in [-0.05, 0) is 43.5 Å². The number of hydrogen-bond acceptors (Lipinski definition) is 6. The predicted molar refractivity (Wildman–Crippen MR) is 89.0 cm³/mol. The number of nitrogens with zero attached hydrogens (tertiary/aromatic N) is 5. The Bertz CT molecular complexity index is 731. The SMILES string of the molecule is c1cnc(-c2nc(CN3CCC(c4cn[nH]c4)CC3)cs2)nc1. The zero-order chi connectivity index (χ0) is 15.5. The number of thiazole rings is 1. The Balaban J connectivity index is 1.36. The van der Waals surface area contributed by atoms with Crippen LogP contribution in [-0.2, 0) is 6.54 Å². The van der Waals surface area contributed by atoms with E-state index in [4.69, 9.17) is 0 Å². The highest BCUT2D eigenvalue weighted by Gasteiger charge is 2.22. The normalized spacial score (nSPS) is 16.7. The van der Waals surface area contributed by atoms with E-state index in [1.54, 1.807) is 23.7 Å². The number of hydrogen-bond donors (Lipinski definition) is 1. The van der Waals surface area contributed by atoms with Crippen molar-refractivity contribution in [3.63, 3.8) is 0 Å². The van der Waals surface area contributed by atoms with Crippen molar-refractivity contribution in [2.24, 2.45) is 0 Å². The van der Waals surface area contributed by atoms with Gasteiger partial charge in [0.25, 0.3) is 0 Å². The lowest BCUT2D eigenvalue weighted by atomic mass is 9.91. The van der Waals surface area contributed by atoms with Crippen LogP contribution in [0, 0.1) is 0 Å². The molecule has 0 radical (unpaired) electrons. The monoisotopic (exact) mass is 326 g/mol. The number of likely N-dealkylation sites (tertiary alicyclic amines) is 1. The van der Waals surface area contributed by atoms with Crippen LogP contribution >= 0.6 is 11.3 Å². The van der Waals surface area contributed by atoms with Crippen LogP contribution < -0.4 is 0 Å². The molecule has 6 nitrogen and oxygen atoms in total. The number of rotatable bonds is 4. The van der Waals surface area contributed by atoms with E-state index in [9.17, 15) is 0 Å². The molecule has 0 bridgehead atoms. The largest absolute Gasteiger partial charge is 0.297 e. The van der Waals surface area contributed by atoms with Crippen LogP contribution in [0.1, 0.15) is 30.0 Å². The zero-order valence-corrected chi connectivity index (χ0v) is 13.5. The molecule has 3 aromatic rings. The first-order chi connectivity index (χ1) is 11.4. The molecule has 0 aliphatic carbocycles. The summed E-state index contributed by atoms with van der Waals surface area (Å²) in [5.41, 5.74) is 2.45. The molecule has 0 spiro atoms. The maximum absolute atomic E-state index is 4.68. The van der Waals surface area contributed by atoms with Crippen molar-refractivity contribution in [2.75, 3.05) is 13.1 Å². The third-order valence-corrected chi connectivity index (χ3v) is 5.16. The number of aromatic nitrogens is 5. The molecule has 1 N–H and O–H groups in total. The summed E-state index contributed by atoms with van der Waals surface area (Å²) in [5.74, 6) is 1.34. The standard InChI is InChI=1S/C16H18N6S/c1-4-17-15(18-5-1)16-21-14(11-23-16)10-22-6-2-12(3-7-22)13-8-19-20-9-13/h1,4-5,8-9,11-12H,2-3,6-7,10H2,(H,19,20). The van der Waals surface area contributed by atoms with E-state index in [2.05, 4.69) is 35.4 Å². The molecule has 0 aromatic carbocycles. The fourth-order valence-corrected chi connectivity index (χ4v) is 3.79. The van der Waals surface area contributed by atoms with E-state index >= 15 is 0 Å². The van der Waals surface area contributed by atoms with Gasteiger partial charge in [0.05, 0.1) is 11.9 Å². The van der Waals surface area contributed by atoms with Gasteiger partial charge in [0.15, 0.2) is 10.8 Å². The van der Waals surface area contributed by atoms with Crippen LogP contribution in [-0.4, -0.2) is 43.1 Å². The highest BCUT2D eigenvalue weighted by molar-refractivity contribution is 7.13. The van der Waals surface area contributed by atoms with Gasteiger partial charge in [-0.2, -0.15) is 5.10 Å². The van der Waals surface area contributed by atoms with E-state index in [0.29, 0.717) is 11.7 Å². The van der Waals surface area contributed by atoms with Crippen LogP contribution in [0.15, 0.2) is 36.2 Å². The number of H-pyrrole nitrogens is 1.